The highest BCUT2D eigenvalue weighted by molar-refractivity contribution is 7.07. The zero-order valence-corrected chi connectivity index (χ0v) is 11.1. The third kappa shape index (κ3) is 3.29. The summed E-state index contributed by atoms with van der Waals surface area (Å²) in [4.78, 5) is 25.8. The number of nitrogens with one attached hydrogen (secondary N) is 1. The molecule has 1 aromatic heterocycles. The van der Waals surface area contributed by atoms with Crippen LogP contribution in [0.5, 0.6) is 5.75 Å². The van der Waals surface area contributed by atoms with Crippen molar-refractivity contribution >= 4 is 22.9 Å². The summed E-state index contributed by atoms with van der Waals surface area (Å²) < 4.78 is 0. The number of carbonyl (C=O) groups is 1. The van der Waals surface area contributed by atoms with Crippen LogP contribution in [0.2, 0.25) is 0 Å². The number of aromatic hydroxyl groups is 1. The van der Waals surface area contributed by atoms with Crippen LogP contribution >= 0.6 is 11.3 Å². The Bertz CT molecular complexity index is 628. The van der Waals surface area contributed by atoms with E-state index < -0.39 is 22.3 Å². The Balaban J connectivity index is 1.98. The van der Waals surface area contributed by atoms with Gasteiger partial charge in [-0.1, -0.05) is 0 Å². The summed E-state index contributed by atoms with van der Waals surface area (Å²) in [6, 6.07) is 3.52. The number of aromatic nitrogens is 1. The lowest BCUT2D eigenvalue weighted by Crippen LogP contribution is -2.25. The molecule has 1 heterocycles. The van der Waals surface area contributed by atoms with Gasteiger partial charge in [0.05, 0.1) is 16.1 Å². The van der Waals surface area contributed by atoms with Gasteiger partial charge in [0.15, 0.2) is 5.75 Å². The Morgan fingerprint density at radius 3 is 2.95 bits per heavy atom. The summed E-state index contributed by atoms with van der Waals surface area (Å²) in [6.07, 6.45) is 0.593. The molecule has 0 atom stereocenters. The molecule has 0 aliphatic heterocycles. The maximum Gasteiger partial charge on any atom is 0.311 e. The lowest BCUT2D eigenvalue weighted by molar-refractivity contribution is -0.385. The van der Waals surface area contributed by atoms with Crippen molar-refractivity contribution in [1.29, 1.82) is 0 Å². The summed E-state index contributed by atoms with van der Waals surface area (Å²) in [5.41, 5.74) is 2.23. The number of hydrogen-bond donors (Lipinski definition) is 2. The van der Waals surface area contributed by atoms with E-state index in [9.17, 15) is 20.0 Å². The molecule has 0 radical (unpaired) electrons. The highest BCUT2D eigenvalue weighted by Gasteiger charge is 2.16. The molecular weight excluding hydrogens is 282 g/mol. The van der Waals surface area contributed by atoms with Gasteiger partial charge in [-0.3, -0.25) is 14.9 Å². The molecule has 0 aliphatic rings. The average molecular weight is 293 g/mol. The minimum Gasteiger partial charge on any atom is -0.502 e. The number of hydrogen-bond acceptors (Lipinski definition) is 6. The van der Waals surface area contributed by atoms with Crippen molar-refractivity contribution in [2.45, 2.75) is 6.42 Å². The summed E-state index contributed by atoms with van der Waals surface area (Å²) in [5.74, 6) is -0.891. The second-order valence-electron chi connectivity index (χ2n) is 3.95. The third-order valence-corrected chi connectivity index (χ3v) is 3.22. The van der Waals surface area contributed by atoms with Crippen LogP contribution < -0.4 is 5.32 Å². The zero-order chi connectivity index (χ0) is 14.5. The number of thiazole rings is 1. The fourth-order valence-corrected chi connectivity index (χ4v) is 2.17. The standard InChI is InChI=1S/C12H11N3O4S/c16-11-2-1-8(5-10(11)15(18)19)12(17)13-4-3-9-6-20-7-14-9/h1-2,5-7,16H,3-4H2,(H,13,17). The Labute approximate surface area is 118 Å². The number of phenols is 1. The van der Waals surface area contributed by atoms with E-state index >= 15 is 0 Å². The van der Waals surface area contributed by atoms with E-state index in [0.717, 1.165) is 17.8 Å². The van der Waals surface area contributed by atoms with Gasteiger partial charge in [-0.05, 0) is 12.1 Å². The monoisotopic (exact) mass is 293 g/mol. The van der Waals surface area contributed by atoms with Crippen LogP contribution in [0.3, 0.4) is 0 Å². The van der Waals surface area contributed by atoms with Gasteiger partial charge >= 0.3 is 5.69 Å². The first-order chi connectivity index (χ1) is 9.58. The second kappa shape index (κ2) is 6.11. The molecule has 0 unspecified atom stereocenters. The van der Waals surface area contributed by atoms with Gasteiger partial charge in [0.25, 0.3) is 5.91 Å². The highest BCUT2D eigenvalue weighted by Crippen LogP contribution is 2.26. The largest absolute Gasteiger partial charge is 0.502 e. The summed E-state index contributed by atoms with van der Waals surface area (Å²) in [7, 11) is 0. The number of rotatable bonds is 5. The predicted molar refractivity (Wildman–Crippen MR) is 72.9 cm³/mol. The normalized spacial score (nSPS) is 10.2. The molecule has 7 nitrogen and oxygen atoms in total. The van der Waals surface area contributed by atoms with Gasteiger partial charge in [-0.2, -0.15) is 0 Å². The minimum atomic E-state index is -0.735. The molecule has 0 spiro atoms. The second-order valence-corrected chi connectivity index (χ2v) is 4.66. The molecule has 0 aliphatic carbocycles. The van der Waals surface area contributed by atoms with Gasteiger partial charge in [0.1, 0.15) is 0 Å². The van der Waals surface area contributed by atoms with Gasteiger partial charge < -0.3 is 10.4 Å². The minimum absolute atomic E-state index is 0.132. The maximum atomic E-state index is 11.8. The topological polar surface area (TPSA) is 105 Å². The number of carbonyl (C=O) groups excluding carboxylic acids is 1. The third-order valence-electron chi connectivity index (χ3n) is 2.58. The first kappa shape index (κ1) is 13.9. The van der Waals surface area contributed by atoms with Crippen molar-refractivity contribution in [3.05, 3.63) is 50.5 Å². The van der Waals surface area contributed by atoms with Crippen molar-refractivity contribution in [3.63, 3.8) is 0 Å². The SMILES string of the molecule is O=C(NCCc1cscn1)c1ccc(O)c([N+](=O)[O-])c1. The Kier molecular flexibility index (Phi) is 4.26. The predicted octanol–water partition coefficient (Wildman–Crippen LogP) is 1.73. The number of nitro benzene ring substituents is 1. The molecule has 1 amide bonds. The number of phenolic OH excluding ortho intramolecular Hbond substituents is 1. The van der Waals surface area contributed by atoms with E-state index in [0.29, 0.717) is 13.0 Å². The summed E-state index contributed by atoms with van der Waals surface area (Å²) in [6.45, 7) is 0.386. The molecule has 0 fully saturated rings. The molecule has 104 valence electrons. The molecule has 2 N–H and O–H groups in total. The summed E-state index contributed by atoms with van der Waals surface area (Å²) in [5, 5.41) is 24.5. The quantitative estimate of drug-likeness (QED) is 0.645. The van der Waals surface area contributed by atoms with E-state index in [4.69, 9.17) is 0 Å². The van der Waals surface area contributed by atoms with Crippen LogP contribution in [-0.2, 0) is 6.42 Å². The van der Waals surface area contributed by atoms with Crippen molar-refractivity contribution in [2.24, 2.45) is 0 Å². The number of nitrogens with zero attached hydrogens (tertiary/aromatic N) is 2. The van der Waals surface area contributed by atoms with Gasteiger partial charge in [-0.25, -0.2) is 4.98 Å². The lowest BCUT2D eigenvalue weighted by Gasteiger charge is -2.04. The highest BCUT2D eigenvalue weighted by atomic mass is 32.1. The molecule has 1 aromatic carbocycles. The van der Waals surface area contributed by atoms with E-state index in [2.05, 4.69) is 10.3 Å². The first-order valence-corrected chi connectivity index (χ1v) is 6.65. The Hall–Kier alpha value is -2.48. The smallest absolute Gasteiger partial charge is 0.311 e. The molecule has 0 saturated heterocycles. The van der Waals surface area contributed by atoms with Crippen molar-refractivity contribution in [3.8, 4) is 5.75 Å². The van der Waals surface area contributed by atoms with E-state index in [1.165, 1.54) is 17.4 Å². The molecule has 2 aromatic rings. The Morgan fingerprint density at radius 2 is 2.30 bits per heavy atom. The molecule has 8 heteroatoms. The zero-order valence-electron chi connectivity index (χ0n) is 10.3. The van der Waals surface area contributed by atoms with Crippen LogP contribution in [0, 0.1) is 10.1 Å². The van der Waals surface area contributed by atoms with Crippen LogP contribution in [0.4, 0.5) is 5.69 Å². The van der Waals surface area contributed by atoms with Gasteiger partial charge in [0, 0.05) is 30.0 Å². The lowest BCUT2D eigenvalue weighted by atomic mass is 10.1. The molecule has 2 rings (SSSR count). The van der Waals surface area contributed by atoms with Crippen molar-refractivity contribution in [2.75, 3.05) is 6.54 Å². The Morgan fingerprint density at radius 1 is 1.50 bits per heavy atom. The van der Waals surface area contributed by atoms with E-state index in [1.54, 1.807) is 5.51 Å². The van der Waals surface area contributed by atoms with Crippen molar-refractivity contribution in [1.82, 2.24) is 10.3 Å². The van der Waals surface area contributed by atoms with Crippen molar-refractivity contribution < 1.29 is 14.8 Å². The van der Waals surface area contributed by atoms with Crippen LogP contribution in [0.15, 0.2) is 29.1 Å². The van der Waals surface area contributed by atoms with Crippen LogP contribution in [0.25, 0.3) is 0 Å². The van der Waals surface area contributed by atoms with Gasteiger partial charge in [-0.15, -0.1) is 11.3 Å². The molecule has 0 bridgehead atoms. The van der Waals surface area contributed by atoms with Crippen LogP contribution in [0.1, 0.15) is 16.1 Å². The average Bonchev–Trinajstić information content (AvgIpc) is 2.92. The van der Waals surface area contributed by atoms with E-state index in [1.807, 2.05) is 5.38 Å². The number of benzene rings is 1. The van der Waals surface area contributed by atoms with Gasteiger partial charge in [0.2, 0.25) is 0 Å². The fourth-order valence-electron chi connectivity index (χ4n) is 1.58. The molecule has 20 heavy (non-hydrogen) atoms. The molecular formula is C12H11N3O4S. The van der Waals surface area contributed by atoms with Crippen LogP contribution in [-0.4, -0.2) is 27.5 Å². The van der Waals surface area contributed by atoms with E-state index in [-0.39, 0.29) is 5.56 Å². The number of amides is 1. The maximum absolute atomic E-state index is 11.8. The summed E-state index contributed by atoms with van der Waals surface area (Å²) >= 11 is 1.48. The molecule has 0 saturated carbocycles. The fraction of sp³-hybridized carbons (Fsp3) is 0.167. The first-order valence-electron chi connectivity index (χ1n) is 5.70. The number of nitro groups is 1.